The molecule has 0 radical (unpaired) electrons. The number of hydrogen-bond donors (Lipinski definition) is 1. The van der Waals surface area contributed by atoms with Crippen LogP contribution in [0.3, 0.4) is 0 Å². The Labute approximate surface area is 204 Å². The van der Waals surface area contributed by atoms with Gasteiger partial charge in [-0.3, -0.25) is 13.9 Å². The Morgan fingerprint density at radius 1 is 0.912 bits per heavy atom. The molecular formula is C26H37N3O4S. The van der Waals surface area contributed by atoms with Crippen molar-refractivity contribution in [2.24, 2.45) is 0 Å². The largest absolute Gasteiger partial charge is 0.352 e. The highest BCUT2D eigenvalue weighted by Crippen LogP contribution is 2.22. The number of nitrogens with zero attached hydrogens (tertiary/aromatic N) is 2. The number of amides is 2. The van der Waals surface area contributed by atoms with Gasteiger partial charge in [-0.2, -0.15) is 0 Å². The summed E-state index contributed by atoms with van der Waals surface area (Å²) in [5.74, 6) is -0.402. The van der Waals surface area contributed by atoms with E-state index in [0.29, 0.717) is 24.6 Å². The molecule has 0 bridgehead atoms. The molecule has 0 aliphatic heterocycles. The first-order chi connectivity index (χ1) is 15.9. The van der Waals surface area contributed by atoms with Crippen LogP contribution in [0.1, 0.15) is 51.7 Å². The molecule has 0 spiro atoms. The maximum atomic E-state index is 13.4. The summed E-state index contributed by atoms with van der Waals surface area (Å²) >= 11 is 0. The Morgan fingerprint density at radius 3 is 2.00 bits per heavy atom. The summed E-state index contributed by atoms with van der Waals surface area (Å²) in [6.45, 7) is 9.40. The predicted molar refractivity (Wildman–Crippen MR) is 137 cm³/mol. The van der Waals surface area contributed by atoms with Crippen LogP contribution in [-0.2, 0) is 26.0 Å². The molecule has 0 saturated carbocycles. The summed E-state index contributed by atoms with van der Waals surface area (Å²) in [4.78, 5) is 27.6. The summed E-state index contributed by atoms with van der Waals surface area (Å²) in [6, 6.07) is 16.0. The zero-order valence-electron chi connectivity index (χ0n) is 21.0. The van der Waals surface area contributed by atoms with E-state index in [2.05, 4.69) is 19.2 Å². The summed E-state index contributed by atoms with van der Waals surface area (Å²) in [5, 5.41) is 2.84. The lowest BCUT2D eigenvalue weighted by atomic mass is 10.0. The molecule has 1 unspecified atom stereocenters. The molecule has 2 rings (SSSR count). The molecule has 7 nitrogen and oxygen atoms in total. The summed E-state index contributed by atoms with van der Waals surface area (Å²) < 4.78 is 26.3. The molecule has 2 aromatic rings. The van der Waals surface area contributed by atoms with E-state index < -0.39 is 22.0 Å². The van der Waals surface area contributed by atoms with Crippen LogP contribution in [0.2, 0.25) is 0 Å². The maximum absolute atomic E-state index is 13.4. The predicted octanol–water partition coefficient (Wildman–Crippen LogP) is 3.56. The van der Waals surface area contributed by atoms with Gasteiger partial charge < -0.3 is 10.2 Å². The van der Waals surface area contributed by atoms with Gasteiger partial charge in [-0.15, -0.1) is 0 Å². The van der Waals surface area contributed by atoms with E-state index in [0.717, 1.165) is 21.7 Å². The van der Waals surface area contributed by atoms with Crippen LogP contribution in [0, 0.1) is 0 Å². The van der Waals surface area contributed by atoms with E-state index in [1.807, 2.05) is 56.3 Å². The fourth-order valence-electron chi connectivity index (χ4n) is 3.61. The molecule has 0 aliphatic carbocycles. The van der Waals surface area contributed by atoms with Gasteiger partial charge in [0.25, 0.3) is 0 Å². The van der Waals surface area contributed by atoms with Crippen molar-refractivity contribution < 1.29 is 18.0 Å². The first-order valence-electron chi connectivity index (χ1n) is 11.6. The zero-order chi connectivity index (χ0) is 25.5. The highest BCUT2D eigenvalue weighted by Gasteiger charge is 2.30. The second-order valence-corrected chi connectivity index (χ2v) is 11.1. The maximum Gasteiger partial charge on any atom is 0.244 e. The van der Waals surface area contributed by atoms with Crippen LogP contribution in [0.25, 0.3) is 0 Å². The van der Waals surface area contributed by atoms with Crippen LogP contribution in [-0.4, -0.2) is 56.6 Å². The summed E-state index contributed by atoms with van der Waals surface area (Å²) in [5.41, 5.74) is 2.52. The van der Waals surface area contributed by atoms with E-state index >= 15 is 0 Å². The minimum absolute atomic E-state index is 0.0759. The Balaban J connectivity index is 2.31. The number of nitrogens with one attached hydrogen (secondary N) is 1. The van der Waals surface area contributed by atoms with Crippen molar-refractivity contribution in [2.45, 2.75) is 59.0 Å². The summed E-state index contributed by atoms with van der Waals surface area (Å²) in [6.07, 6.45) is 1.63. The lowest BCUT2D eigenvalue weighted by Gasteiger charge is -2.32. The molecule has 186 valence electrons. The van der Waals surface area contributed by atoms with Crippen LogP contribution >= 0.6 is 0 Å². The van der Waals surface area contributed by atoms with Gasteiger partial charge in [-0.25, -0.2) is 8.42 Å². The standard InChI is InChI=1S/C26H37N3O4S/c1-19(2)23-12-14-24(15-13-23)29(34(6,32)33)18-25(30)28(21(5)26(31)27-20(3)4)17-16-22-10-8-7-9-11-22/h7-15,19-21H,16-18H2,1-6H3,(H,27,31). The molecule has 1 atom stereocenters. The van der Waals surface area contributed by atoms with E-state index in [4.69, 9.17) is 0 Å². The highest BCUT2D eigenvalue weighted by molar-refractivity contribution is 7.92. The van der Waals surface area contributed by atoms with Crippen LogP contribution in [0.15, 0.2) is 54.6 Å². The van der Waals surface area contributed by atoms with E-state index in [1.165, 1.54) is 4.90 Å². The van der Waals surface area contributed by atoms with Crippen LogP contribution in [0.5, 0.6) is 0 Å². The molecule has 34 heavy (non-hydrogen) atoms. The third kappa shape index (κ3) is 7.87. The van der Waals surface area contributed by atoms with Gasteiger partial charge in [0.15, 0.2) is 0 Å². The molecule has 0 aliphatic rings. The van der Waals surface area contributed by atoms with Gasteiger partial charge in [-0.1, -0.05) is 56.3 Å². The second-order valence-electron chi connectivity index (χ2n) is 9.18. The van der Waals surface area contributed by atoms with E-state index in [9.17, 15) is 18.0 Å². The van der Waals surface area contributed by atoms with Crippen molar-refractivity contribution in [1.29, 1.82) is 0 Å². The zero-order valence-corrected chi connectivity index (χ0v) is 21.8. The monoisotopic (exact) mass is 487 g/mol. The molecule has 2 amide bonds. The average Bonchev–Trinajstić information content (AvgIpc) is 2.77. The summed E-state index contributed by atoms with van der Waals surface area (Å²) in [7, 11) is -3.73. The molecule has 0 heterocycles. The third-order valence-electron chi connectivity index (χ3n) is 5.61. The van der Waals surface area contributed by atoms with Crippen molar-refractivity contribution >= 4 is 27.5 Å². The van der Waals surface area contributed by atoms with Crippen molar-refractivity contribution in [3.05, 3.63) is 65.7 Å². The Kier molecular flexibility index (Phi) is 9.67. The van der Waals surface area contributed by atoms with Gasteiger partial charge >= 0.3 is 0 Å². The highest BCUT2D eigenvalue weighted by atomic mass is 32.2. The Bertz CT molecular complexity index is 1050. The molecule has 0 saturated heterocycles. The molecular weight excluding hydrogens is 450 g/mol. The van der Waals surface area contributed by atoms with E-state index in [1.54, 1.807) is 19.1 Å². The Hall–Kier alpha value is -2.87. The van der Waals surface area contributed by atoms with E-state index in [-0.39, 0.29) is 18.5 Å². The van der Waals surface area contributed by atoms with Crippen molar-refractivity contribution in [1.82, 2.24) is 10.2 Å². The molecule has 8 heteroatoms. The van der Waals surface area contributed by atoms with Crippen molar-refractivity contribution in [2.75, 3.05) is 23.7 Å². The van der Waals surface area contributed by atoms with Crippen LogP contribution in [0.4, 0.5) is 5.69 Å². The topological polar surface area (TPSA) is 86.8 Å². The minimum atomic E-state index is -3.73. The fraction of sp³-hybridized carbons (Fsp3) is 0.462. The smallest absolute Gasteiger partial charge is 0.244 e. The second kappa shape index (κ2) is 12.0. The van der Waals surface area contributed by atoms with Crippen molar-refractivity contribution in [3.63, 3.8) is 0 Å². The fourth-order valence-corrected chi connectivity index (χ4v) is 4.46. The number of carbonyl (C=O) groups is 2. The number of rotatable bonds is 11. The molecule has 1 N–H and O–H groups in total. The van der Waals surface area contributed by atoms with Gasteiger partial charge in [0, 0.05) is 12.6 Å². The molecule has 0 fully saturated rings. The van der Waals surface area contributed by atoms with Gasteiger partial charge in [0.1, 0.15) is 12.6 Å². The normalized spacial score (nSPS) is 12.5. The Morgan fingerprint density at radius 2 is 1.50 bits per heavy atom. The van der Waals surface area contributed by atoms with Gasteiger partial charge in [0.05, 0.1) is 11.9 Å². The lowest BCUT2D eigenvalue weighted by Crippen LogP contribution is -2.53. The molecule has 2 aromatic carbocycles. The molecule has 0 aromatic heterocycles. The lowest BCUT2D eigenvalue weighted by molar-refractivity contribution is -0.139. The number of benzene rings is 2. The third-order valence-corrected chi connectivity index (χ3v) is 6.75. The minimum Gasteiger partial charge on any atom is -0.352 e. The number of anilines is 1. The van der Waals surface area contributed by atoms with Gasteiger partial charge in [-0.05, 0) is 56.4 Å². The first-order valence-corrected chi connectivity index (χ1v) is 13.5. The SMILES string of the molecule is CC(C)NC(=O)C(C)N(CCc1ccccc1)C(=O)CN(c1ccc(C(C)C)cc1)S(C)(=O)=O. The van der Waals surface area contributed by atoms with Crippen molar-refractivity contribution in [3.8, 4) is 0 Å². The van der Waals surface area contributed by atoms with Gasteiger partial charge in [0.2, 0.25) is 21.8 Å². The van der Waals surface area contributed by atoms with Crippen LogP contribution < -0.4 is 9.62 Å². The average molecular weight is 488 g/mol. The quantitative estimate of drug-likeness (QED) is 0.525. The number of carbonyl (C=O) groups excluding carboxylic acids is 2. The number of sulfonamides is 1. The first kappa shape index (κ1) is 27.4. The number of hydrogen-bond acceptors (Lipinski definition) is 4.